The second-order valence-corrected chi connectivity index (χ2v) is 28.3. The van der Waals surface area contributed by atoms with Crippen molar-refractivity contribution in [3.8, 4) is 91.5 Å². The van der Waals surface area contributed by atoms with Crippen LogP contribution in [-0.2, 0) is 19.5 Å². The first-order valence-electron chi connectivity index (χ1n) is 31.4. The third kappa shape index (κ3) is 6.44. The van der Waals surface area contributed by atoms with E-state index in [2.05, 4.69) is 43.3 Å². The largest absolute Gasteiger partial charge is 2.00 e. The van der Waals surface area contributed by atoms with Crippen LogP contribution >= 0.6 is 0 Å². The molecule has 5 aromatic carbocycles. The fourth-order valence-corrected chi connectivity index (χ4v) is 20.6. The van der Waals surface area contributed by atoms with Gasteiger partial charge in [-0.2, -0.15) is 0 Å². The molecular formula is C69H58N8O7Zn. The summed E-state index contributed by atoms with van der Waals surface area (Å²) in [7, 11) is 0. The molecule has 20 bridgehead atoms. The molecule has 0 amide bonds. The van der Waals surface area contributed by atoms with Gasteiger partial charge in [-0.25, -0.2) is 9.97 Å². The summed E-state index contributed by atoms with van der Waals surface area (Å²) in [6.45, 7) is 2.07. The second kappa shape index (κ2) is 16.2. The molecule has 25 rings (SSSR count). The van der Waals surface area contributed by atoms with Crippen LogP contribution in [0.25, 0.3) is 89.7 Å². The topological polar surface area (TPSA) is 170 Å². The Morgan fingerprint density at radius 3 is 0.976 bits per heavy atom. The smallest absolute Gasteiger partial charge is 0.457 e. The average Bonchev–Trinajstić information content (AvgIpc) is 3.32. The van der Waals surface area contributed by atoms with Gasteiger partial charge >= 0.3 is 19.5 Å². The molecule has 12 saturated carbocycles. The van der Waals surface area contributed by atoms with Crippen molar-refractivity contribution in [2.75, 3.05) is 0 Å². The summed E-state index contributed by atoms with van der Waals surface area (Å²) in [6, 6.07) is 26.5. The van der Waals surface area contributed by atoms with Crippen molar-refractivity contribution in [3.05, 3.63) is 84.4 Å². The molecule has 0 saturated heterocycles. The van der Waals surface area contributed by atoms with Crippen LogP contribution in [0.3, 0.4) is 0 Å². The third-order valence-electron chi connectivity index (χ3n) is 23.6. The summed E-state index contributed by atoms with van der Waals surface area (Å²) in [5.74, 6) is 12.0. The summed E-state index contributed by atoms with van der Waals surface area (Å²) >= 11 is 0. The zero-order valence-corrected chi connectivity index (χ0v) is 50.2. The van der Waals surface area contributed by atoms with E-state index >= 15 is 0 Å². The summed E-state index contributed by atoms with van der Waals surface area (Å²) < 4.78 is 49.7. The molecule has 3 spiro atoms. The number of benzene rings is 5. The molecule has 8 heterocycles. The summed E-state index contributed by atoms with van der Waals surface area (Å²) in [5.41, 5.74) is 6.03. The Labute approximate surface area is 501 Å². The van der Waals surface area contributed by atoms with Crippen molar-refractivity contribution < 1.29 is 52.6 Å². The van der Waals surface area contributed by atoms with Gasteiger partial charge in [0, 0.05) is 80.3 Å². The zero-order valence-electron chi connectivity index (χ0n) is 47.2. The molecule has 17 aliphatic rings. The molecule has 0 N–H and O–H groups in total. The van der Waals surface area contributed by atoms with Crippen LogP contribution in [0.4, 0.5) is 0 Å². The Kier molecular flexibility index (Phi) is 9.12. The van der Waals surface area contributed by atoms with Crippen LogP contribution in [0.5, 0.6) is 46.0 Å². The van der Waals surface area contributed by atoms with Gasteiger partial charge in [0.1, 0.15) is 11.5 Å². The minimum atomic E-state index is -0.679. The zero-order chi connectivity index (χ0) is 54.3. The monoisotopic (exact) mass is 1170 g/mol. The number of hydrogen-bond donors (Lipinski definition) is 0. The minimum absolute atomic E-state index is 0. The van der Waals surface area contributed by atoms with Crippen molar-refractivity contribution in [2.24, 2.45) is 71.0 Å². The first-order chi connectivity index (χ1) is 41.1. The Morgan fingerprint density at radius 2 is 0.635 bits per heavy atom. The number of nitrogens with zero attached hydrogens (tertiary/aromatic N) is 8. The van der Waals surface area contributed by atoms with Gasteiger partial charge in [0.15, 0.2) is 34.5 Å². The Hall–Kier alpha value is -7.32. The van der Waals surface area contributed by atoms with E-state index in [1.807, 2.05) is 42.5 Å². The van der Waals surface area contributed by atoms with Gasteiger partial charge in [0.25, 0.3) is 17.4 Å². The van der Waals surface area contributed by atoms with Crippen LogP contribution in [0.15, 0.2) is 78.9 Å². The van der Waals surface area contributed by atoms with Gasteiger partial charge in [0.2, 0.25) is 0 Å². The third-order valence-corrected chi connectivity index (χ3v) is 23.6. The molecule has 0 atom stereocenters. The van der Waals surface area contributed by atoms with Gasteiger partial charge in [-0.1, -0.05) is 17.7 Å². The number of fused-ring (bicyclic) bond motifs is 23. The molecule has 15 nitrogen and oxygen atoms in total. The van der Waals surface area contributed by atoms with Gasteiger partial charge in [-0.15, -0.1) is 0 Å². The van der Waals surface area contributed by atoms with E-state index in [-0.39, 0.29) is 19.5 Å². The Balaban J connectivity index is 0.00000501. The van der Waals surface area contributed by atoms with E-state index in [9.17, 15) is 0 Å². The maximum atomic E-state index is 7.22. The van der Waals surface area contributed by atoms with E-state index < -0.39 is 17.4 Å². The van der Waals surface area contributed by atoms with Crippen LogP contribution in [0, 0.1) is 77.9 Å². The summed E-state index contributed by atoms with van der Waals surface area (Å²) in [4.78, 5) is 43.3. The van der Waals surface area contributed by atoms with Crippen molar-refractivity contribution in [1.29, 1.82) is 0 Å². The van der Waals surface area contributed by atoms with E-state index in [1.54, 1.807) is 0 Å². The molecule has 5 aliphatic heterocycles. The molecular weight excluding hydrogens is 1120 g/mol. The number of rotatable bonds is 2. The van der Waals surface area contributed by atoms with Crippen LogP contribution in [0.1, 0.15) is 102 Å². The summed E-state index contributed by atoms with van der Waals surface area (Å²) in [5, 5.41) is 3.10. The predicted molar refractivity (Wildman–Crippen MR) is 308 cm³/mol. The number of aromatic nitrogens is 8. The quantitative estimate of drug-likeness (QED) is 0.150. The maximum absolute atomic E-state index is 7.22. The van der Waals surface area contributed by atoms with Crippen LogP contribution in [-0.4, -0.2) is 47.3 Å². The normalized spacial score (nSPS) is 34.8. The summed E-state index contributed by atoms with van der Waals surface area (Å²) in [6.07, 6.45) is 17.7. The van der Waals surface area contributed by atoms with E-state index in [1.165, 1.54) is 19.3 Å². The minimum Gasteiger partial charge on any atom is -0.457 e. The fourth-order valence-electron chi connectivity index (χ4n) is 20.6. The SMILES string of the molecule is Cc1ccc(Oc2ccc3c(c2)-c2nc-3nc3[n-]c(nc4nc(nc5[n-]c(n2)c2cc6c(cc52)OC2(O6)C5CC6CC(C5)CC2C6)-c2cc5c(cc2-4)OC2(O5)C4CC5CC(C4)CC2C5)c2cc4c(cc32)OC2(O4)C3CC4CC(C3)CC2C4)cc1.[Zn+2]. The molecule has 0 radical (unpaired) electrons. The molecule has 418 valence electrons. The van der Waals surface area contributed by atoms with E-state index in [0.717, 1.165) is 191 Å². The number of ether oxygens (including phenoxy) is 7. The maximum Gasteiger partial charge on any atom is 2.00 e. The Morgan fingerprint density at radius 1 is 0.341 bits per heavy atom. The van der Waals surface area contributed by atoms with Crippen molar-refractivity contribution in [3.63, 3.8) is 0 Å². The number of hydrogen-bond acceptors (Lipinski definition) is 13. The van der Waals surface area contributed by atoms with Crippen LogP contribution in [0.2, 0.25) is 0 Å². The second-order valence-electron chi connectivity index (χ2n) is 28.3. The standard InChI is InChI=1S/C69H58N8O7.Zn/c1-30-2-4-43(5-3-30)78-44-6-7-45-46(23-44)60-70-59(45)71-61-47-24-53-54(80-67(79-53)37-11-31-8-32(13-37)14-38(67)12-31)25-48(47)63(73-61)75-65-51-28-57-58(84-69(83-57)41-19-35-10-36(21-41)22-42(69)20-35)29-52(51)66(77-65)76-64-50-27-56-55(26-49(50)62(72-60)74-64)81-68(82-56)39-15-33-9-34(17-39)18-40(68)16-33;/h2-7,23-29,31-42H,8-22H2,1H3;/q-2;+2. The van der Waals surface area contributed by atoms with Crippen LogP contribution < -0.4 is 43.1 Å². The van der Waals surface area contributed by atoms with E-state index in [0.29, 0.717) is 98.6 Å². The molecule has 3 aromatic heterocycles. The number of aryl methyl sites for hydroxylation is 1. The van der Waals surface area contributed by atoms with Gasteiger partial charge < -0.3 is 63.1 Å². The molecule has 0 unspecified atom stereocenters. The average molecular weight is 1180 g/mol. The molecule has 12 fully saturated rings. The Bertz CT molecular complexity index is 4450. The van der Waals surface area contributed by atoms with Crippen molar-refractivity contribution in [1.82, 2.24) is 39.9 Å². The van der Waals surface area contributed by atoms with Crippen molar-refractivity contribution in [2.45, 2.75) is 121 Å². The van der Waals surface area contributed by atoms with Gasteiger partial charge in [-0.05, 0) is 227 Å². The van der Waals surface area contributed by atoms with Gasteiger partial charge in [0.05, 0.1) is 23.3 Å². The molecule has 12 aliphatic carbocycles. The first kappa shape index (κ1) is 47.9. The molecule has 8 aromatic rings. The fraction of sp³-hybridized carbons (Fsp3) is 0.449. The molecule has 85 heavy (non-hydrogen) atoms. The van der Waals surface area contributed by atoms with Gasteiger partial charge in [-0.3, -0.25) is 0 Å². The molecule has 16 heteroatoms. The van der Waals surface area contributed by atoms with Crippen molar-refractivity contribution >= 4 is 44.1 Å². The predicted octanol–water partition coefficient (Wildman–Crippen LogP) is 14.0. The van der Waals surface area contributed by atoms with E-state index in [4.69, 9.17) is 73.0 Å². The first-order valence-corrected chi connectivity index (χ1v) is 31.4.